The minimum absolute atomic E-state index is 0.200. The number of alkyl halides is 3. The first-order valence-electron chi connectivity index (χ1n) is 7.78. The Morgan fingerprint density at radius 3 is 2.08 bits per heavy atom. The summed E-state index contributed by atoms with van der Waals surface area (Å²) in [4.78, 5) is 3.77. The summed E-state index contributed by atoms with van der Waals surface area (Å²) in [5.41, 5.74) is 2.44. The number of pyridine rings is 1. The van der Waals surface area contributed by atoms with Crippen molar-refractivity contribution in [1.82, 2.24) is 4.98 Å². The molecule has 0 aliphatic rings. The number of allylic oxidation sites excluding steroid dienone is 1. The van der Waals surface area contributed by atoms with Gasteiger partial charge < -0.3 is 0 Å². The summed E-state index contributed by atoms with van der Waals surface area (Å²) < 4.78 is 37.8. The van der Waals surface area contributed by atoms with Crippen molar-refractivity contribution in [2.24, 2.45) is 0 Å². The maximum atomic E-state index is 12.6. The molecule has 0 amide bonds. The molecule has 0 N–H and O–H groups in total. The number of nitriles is 1. The fourth-order valence-electron chi connectivity index (χ4n) is 2.45. The van der Waals surface area contributed by atoms with Crippen molar-refractivity contribution in [2.75, 3.05) is 0 Å². The molecule has 0 saturated carbocycles. The van der Waals surface area contributed by atoms with Gasteiger partial charge in [0.25, 0.3) is 0 Å². The maximum Gasteiger partial charge on any atom is 0.417 e. The molecule has 0 radical (unpaired) electrons. The van der Waals surface area contributed by atoms with Crippen LogP contribution in [0.5, 0.6) is 0 Å². The Bertz CT molecular complexity index is 949. The van der Waals surface area contributed by atoms with Crippen molar-refractivity contribution < 1.29 is 13.2 Å². The molecule has 128 valence electrons. The molecular formula is C21H13F3N2. The van der Waals surface area contributed by atoms with Gasteiger partial charge in [0.15, 0.2) is 0 Å². The third kappa shape index (κ3) is 3.98. The normalized spacial score (nSPS) is 11.8. The maximum absolute atomic E-state index is 12.6. The van der Waals surface area contributed by atoms with Crippen molar-refractivity contribution in [3.8, 4) is 17.2 Å². The van der Waals surface area contributed by atoms with E-state index in [0.29, 0.717) is 0 Å². The van der Waals surface area contributed by atoms with E-state index in [0.717, 1.165) is 29.0 Å². The molecule has 0 atom stereocenters. The van der Waals surface area contributed by atoms with Crippen LogP contribution in [-0.2, 0) is 6.18 Å². The first-order chi connectivity index (χ1) is 12.5. The third-order valence-electron chi connectivity index (χ3n) is 3.82. The van der Waals surface area contributed by atoms with E-state index in [4.69, 9.17) is 0 Å². The van der Waals surface area contributed by atoms with E-state index >= 15 is 0 Å². The Balaban J connectivity index is 1.86. The van der Waals surface area contributed by atoms with Crippen LogP contribution in [0.4, 0.5) is 13.2 Å². The highest BCUT2D eigenvalue weighted by Gasteiger charge is 2.30. The van der Waals surface area contributed by atoms with Gasteiger partial charge in [-0.15, -0.1) is 0 Å². The summed E-state index contributed by atoms with van der Waals surface area (Å²) >= 11 is 0. The monoisotopic (exact) mass is 350 g/mol. The third-order valence-corrected chi connectivity index (χ3v) is 3.82. The quantitative estimate of drug-likeness (QED) is 0.557. The summed E-state index contributed by atoms with van der Waals surface area (Å²) in [5.74, 6) is 0. The number of benzene rings is 2. The van der Waals surface area contributed by atoms with Crippen molar-refractivity contribution >= 4 is 11.6 Å². The minimum atomic E-state index is -4.45. The predicted octanol–water partition coefficient (Wildman–Crippen LogP) is 5.83. The summed E-state index contributed by atoms with van der Waals surface area (Å²) in [6.45, 7) is 0. The van der Waals surface area contributed by atoms with Crippen LogP contribution in [0.15, 0.2) is 72.9 Å². The second-order valence-corrected chi connectivity index (χ2v) is 5.59. The molecule has 2 aromatic carbocycles. The van der Waals surface area contributed by atoms with E-state index in [9.17, 15) is 18.4 Å². The number of aromatic nitrogens is 1. The van der Waals surface area contributed by atoms with E-state index < -0.39 is 11.7 Å². The molecule has 0 unspecified atom stereocenters. The molecule has 26 heavy (non-hydrogen) atoms. The SMILES string of the molecule is N#C/C(=C\c1ccc(-c2ccccc2)cc1)c1ccc(C(F)(F)F)cn1. The number of halogens is 3. The van der Waals surface area contributed by atoms with E-state index in [-0.39, 0.29) is 11.3 Å². The molecule has 0 bridgehead atoms. The zero-order valence-corrected chi connectivity index (χ0v) is 13.5. The Kier molecular flexibility index (Phi) is 4.85. The first-order valence-corrected chi connectivity index (χ1v) is 7.78. The topological polar surface area (TPSA) is 36.7 Å². The Morgan fingerprint density at radius 1 is 0.885 bits per heavy atom. The van der Waals surface area contributed by atoms with Crippen molar-refractivity contribution in [3.05, 3.63) is 89.7 Å². The van der Waals surface area contributed by atoms with E-state index in [1.54, 1.807) is 6.08 Å². The van der Waals surface area contributed by atoms with Crippen LogP contribution in [0.1, 0.15) is 16.8 Å². The van der Waals surface area contributed by atoms with Gasteiger partial charge in [-0.25, -0.2) is 0 Å². The van der Waals surface area contributed by atoms with Crippen LogP contribution in [0.2, 0.25) is 0 Å². The predicted molar refractivity (Wildman–Crippen MR) is 94.6 cm³/mol. The lowest BCUT2D eigenvalue weighted by molar-refractivity contribution is -0.137. The molecule has 0 aliphatic heterocycles. The summed E-state index contributed by atoms with van der Waals surface area (Å²) in [7, 11) is 0. The van der Waals surface area contributed by atoms with Gasteiger partial charge in [-0.1, -0.05) is 54.6 Å². The Labute approximate surface area is 148 Å². The molecule has 1 aromatic heterocycles. The van der Waals surface area contributed by atoms with E-state index in [2.05, 4.69) is 4.98 Å². The Morgan fingerprint density at radius 2 is 1.54 bits per heavy atom. The molecule has 1 heterocycles. The number of hydrogen-bond acceptors (Lipinski definition) is 2. The van der Waals surface area contributed by atoms with Gasteiger partial charge in [0.2, 0.25) is 0 Å². The molecule has 0 spiro atoms. The van der Waals surface area contributed by atoms with Crippen LogP contribution in [0.25, 0.3) is 22.8 Å². The van der Waals surface area contributed by atoms with E-state index in [1.165, 1.54) is 6.07 Å². The van der Waals surface area contributed by atoms with Crippen molar-refractivity contribution in [2.45, 2.75) is 6.18 Å². The molecule has 5 heteroatoms. The zero-order valence-electron chi connectivity index (χ0n) is 13.5. The van der Waals surface area contributed by atoms with Gasteiger partial charge in [0.05, 0.1) is 16.8 Å². The van der Waals surface area contributed by atoms with Gasteiger partial charge in [0.1, 0.15) is 6.07 Å². The standard InChI is InChI=1S/C21H13F3N2/c22-21(23,24)19-10-11-20(26-14-19)18(13-25)12-15-6-8-17(9-7-15)16-4-2-1-3-5-16/h1-12,14H/b18-12+. The zero-order chi connectivity index (χ0) is 18.6. The number of rotatable bonds is 3. The molecule has 2 nitrogen and oxygen atoms in total. The van der Waals surface area contributed by atoms with Gasteiger partial charge in [-0.2, -0.15) is 18.4 Å². The summed E-state index contributed by atoms with van der Waals surface area (Å²) in [6.07, 6.45) is -2.11. The average molecular weight is 350 g/mol. The molecule has 0 fully saturated rings. The van der Waals surface area contributed by atoms with Gasteiger partial charge in [-0.05, 0) is 34.9 Å². The van der Waals surface area contributed by atoms with E-state index in [1.807, 2.05) is 60.7 Å². The second kappa shape index (κ2) is 7.24. The number of nitrogens with zero attached hydrogens (tertiary/aromatic N) is 2. The second-order valence-electron chi connectivity index (χ2n) is 5.59. The van der Waals surface area contributed by atoms with Gasteiger partial charge in [0, 0.05) is 6.20 Å². The lowest BCUT2D eigenvalue weighted by atomic mass is 10.0. The van der Waals surface area contributed by atoms with Crippen molar-refractivity contribution in [3.63, 3.8) is 0 Å². The lowest BCUT2D eigenvalue weighted by Crippen LogP contribution is -2.05. The lowest BCUT2D eigenvalue weighted by Gasteiger charge is -2.06. The largest absolute Gasteiger partial charge is 0.417 e. The van der Waals surface area contributed by atoms with Crippen LogP contribution < -0.4 is 0 Å². The summed E-state index contributed by atoms with van der Waals surface area (Å²) in [5, 5.41) is 9.32. The highest BCUT2D eigenvalue weighted by atomic mass is 19.4. The first kappa shape index (κ1) is 17.4. The Hall–Kier alpha value is -3.39. The van der Waals surface area contributed by atoms with Crippen LogP contribution in [0, 0.1) is 11.3 Å². The smallest absolute Gasteiger partial charge is 0.255 e. The highest BCUT2D eigenvalue weighted by molar-refractivity contribution is 5.88. The molecule has 3 aromatic rings. The molecular weight excluding hydrogens is 337 g/mol. The molecule has 0 saturated heterocycles. The number of hydrogen-bond donors (Lipinski definition) is 0. The highest BCUT2D eigenvalue weighted by Crippen LogP contribution is 2.29. The minimum Gasteiger partial charge on any atom is -0.255 e. The van der Waals surface area contributed by atoms with Gasteiger partial charge >= 0.3 is 6.18 Å². The van der Waals surface area contributed by atoms with Crippen LogP contribution >= 0.6 is 0 Å². The fourth-order valence-corrected chi connectivity index (χ4v) is 2.45. The van der Waals surface area contributed by atoms with Crippen LogP contribution in [-0.4, -0.2) is 4.98 Å². The fraction of sp³-hybridized carbons (Fsp3) is 0.0476. The average Bonchev–Trinajstić information content (AvgIpc) is 2.67. The molecule has 3 rings (SSSR count). The van der Waals surface area contributed by atoms with Gasteiger partial charge in [-0.3, -0.25) is 4.98 Å². The molecule has 0 aliphatic carbocycles. The van der Waals surface area contributed by atoms with Crippen molar-refractivity contribution in [1.29, 1.82) is 5.26 Å². The summed E-state index contributed by atoms with van der Waals surface area (Å²) in [6, 6.07) is 21.5. The van der Waals surface area contributed by atoms with Crippen LogP contribution in [0.3, 0.4) is 0 Å².